The summed E-state index contributed by atoms with van der Waals surface area (Å²) in [6, 6.07) is 0. The van der Waals surface area contributed by atoms with Gasteiger partial charge in [-0.3, -0.25) is 4.18 Å². The molecule has 0 aromatic carbocycles. The van der Waals surface area contributed by atoms with Crippen LogP contribution >= 0.6 is 22.6 Å². The van der Waals surface area contributed by atoms with E-state index in [1.165, 1.54) is 0 Å². The Hall–Kier alpha value is 0.200. The van der Waals surface area contributed by atoms with Gasteiger partial charge in [0.25, 0.3) is 10.1 Å². The van der Waals surface area contributed by atoms with Crippen LogP contribution in [0.2, 0.25) is 0 Å². The van der Waals surface area contributed by atoms with E-state index in [4.69, 9.17) is 0 Å². The van der Waals surface area contributed by atoms with Crippen molar-refractivity contribution in [1.29, 1.82) is 0 Å². The Bertz CT molecular complexity index is 260. The topological polar surface area (TPSA) is 43.4 Å². The summed E-state index contributed by atoms with van der Waals surface area (Å²) in [5, 5.41) is 0. The van der Waals surface area contributed by atoms with E-state index in [0.29, 0.717) is 6.42 Å². The average molecular weight is 302 g/mol. The summed E-state index contributed by atoms with van der Waals surface area (Å²) >= 11 is 1.83. The first-order valence-corrected chi connectivity index (χ1v) is 6.23. The van der Waals surface area contributed by atoms with Gasteiger partial charge in [-0.1, -0.05) is 19.3 Å². The molecule has 0 aromatic heterocycles. The van der Waals surface area contributed by atoms with Crippen LogP contribution in [0.4, 0.5) is 0 Å². The van der Waals surface area contributed by atoms with Gasteiger partial charge in [0, 0.05) is 22.6 Å². The Morgan fingerprint density at radius 1 is 1.50 bits per heavy atom. The molecule has 0 aliphatic carbocycles. The molecule has 70 valence electrons. The van der Waals surface area contributed by atoms with Crippen molar-refractivity contribution < 1.29 is 12.6 Å². The molecule has 0 spiro atoms. The van der Waals surface area contributed by atoms with Crippen LogP contribution in [0.15, 0.2) is 0 Å². The van der Waals surface area contributed by atoms with E-state index < -0.39 is 10.1 Å². The van der Waals surface area contributed by atoms with Gasteiger partial charge in [0.05, 0.1) is 5.75 Å². The van der Waals surface area contributed by atoms with E-state index in [-0.39, 0.29) is 12.4 Å². The van der Waals surface area contributed by atoms with Crippen LogP contribution in [-0.4, -0.2) is 20.8 Å². The van der Waals surface area contributed by atoms with Gasteiger partial charge in [-0.25, -0.2) is 0 Å². The Balaban J connectivity index is 3.77. The van der Waals surface area contributed by atoms with Crippen molar-refractivity contribution in [3.8, 4) is 9.85 Å². The molecule has 0 N–H and O–H groups in total. The minimum atomic E-state index is -3.32. The maximum Gasteiger partial charge on any atom is 0.268 e. The molecule has 0 radical (unpaired) electrons. The lowest BCUT2D eigenvalue weighted by atomic mass is 10.4. The molecule has 0 fully saturated rings. The predicted octanol–water partition coefficient (Wildman–Crippen LogP) is 1.53. The van der Waals surface area contributed by atoms with E-state index in [0.717, 1.165) is 6.42 Å². The predicted molar refractivity (Wildman–Crippen MR) is 56.4 cm³/mol. The Morgan fingerprint density at radius 2 is 2.17 bits per heavy atom. The molecular weight excluding hydrogens is 291 g/mol. The van der Waals surface area contributed by atoms with Crippen LogP contribution in [0.1, 0.15) is 19.8 Å². The second-order valence-electron chi connectivity index (χ2n) is 2.15. The molecule has 0 saturated heterocycles. The molecule has 3 nitrogen and oxygen atoms in total. The SMILES string of the molecule is CCCCS(=O)(=O)OCC#CI. The fourth-order valence-electron chi connectivity index (χ4n) is 0.527. The Morgan fingerprint density at radius 3 is 2.67 bits per heavy atom. The van der Waals surface area contributed by atoms with Gasteiger partial charge in [-0.2, -0.15) is 8.42 Å². The molecule has 12 heavy (non-hydrogen) atoms. The zero-order valence-electron chi connectivity index (χ0n) is 6.84. The molecule has 0 aromatic rings. The molecule has 0 aliphatic rings. The van der Waals surface area contributed by atoms with Crippen molar-refractivity contribution in [3.05, 3.63) is 0 Å². The van der Waals surface area contributed by atoms with Gasteiger partial charge in [0.15, 0.2) is 0 Å². The number of unbranched alkanes of at least 4 members (excludes halogenated alkanes) is 1. The summed E-state index contributed by atoms with van der Waals surface area (Å²) in [6.45, 7) is 1.90. The first-order valence-electron chi connectivity index (χ1n) is 3.58. The van der Waals surface area contributed by atoms with Gasteiger partial charge < -0.3 is 0 Å². The first kappa shape index (κ1) is 12.2. The zero-order chi connectivity index (χ0) is 9.45. The molecular formula is C7H11IO3S. The first-order chi connectivity index (χ1) is 5.62. The van der Waals surface area contributed by atoms with Crippen LogP contribution in [0.5, 0.6) is 0 Å². The van der Waals surface area contributed by atoms with Crippen LogP contribution in [0, 0.1) is 9.85 Å². The molecule has 0 unspecified atom stereocenters. The van der Waals surface area contributed by atoms with Crippen LogP contribution in [0.25, 0.3) is 0 Å². The maximum atomic E-state index is 11.0. The zero-order valence-corrected chi connectivity index (χ0v) is 9.81. The van der Waals surface area contributed by atoms with E-state index in [2.05, 4.69) is 14.0 Å². The number of hydrogen-bond donors (Lipinski definition) is 0. The summed E-state index contributed by atoms with van der Waals surface area (Å²) in [7, 11) is -3.32. The van der Waals surface area contributed by atoms with Crippen LogP contribution in [0.3, 0.4) is 0 Å². The number of rotatable bonds is 5. The largest absolute Gasteiger partial charge is 0.268 e. The minimum absolute atomic E-state index is 0.0328. The summed E-state index contributed by atoms with van der Waals surface area (Å²) in [5.41, 5.74) is 0. The Kier molecular flexibility index (Phi) is 6.80. The standard InChI is InChI=1S/C7H11IO3S/c1-2-3-7-12(9,10)11-6-4-5-8/h2-3,6-7H2,1H3. The third-order valence-electron chi connectivity index (χ3n) is 1.13. The fourth-order valence-corrected chi connectivity index (χ4v) is 1.68. The Labute approximate surface area is 87.1 Å². The monoisotopic (exact) mass is 302 g/mol. The lowest BCUT2D eigenvalue weighted by Crippen LogP contribution is -2.10. The molecule has 0 atom stereocenters. The summed E-state index contributed by atoms with van der Waals surface area (Å²) in [5.74, 6) is 2.61. The van der Waals surface area contributed by atoms with Crippen molar-refractivity contribution in [2.75, 3.05) is 12.4 Å². The van der Waals surface area contributed by atoms with E-state index >= 15 is 0 Å². The smallest absolute Gasteiger partial charge is 0.257 e. The van der Waals surface area contributed by atoms with Gasteiger partial charge in [-0.15, -0.1) is 0 Å². The van der Waals surface area contributed by atoms with Crippen LogP contribution in [-0.2, 0) is 14.3 Å². The van der Waals surface area contributed by atoms with E-state index in [1.54, 1.807) is 0 Å². The third-order valence-corrected chi connectivity index (χ3v) is 2.77. The molecule has 0 rings (SSSR count). The maximum absolute atomic E-state index is 11.0. The van der Waals surface area contributed by atoms with Crippen molar-refractivity contribution in [2.24, 2.45) is 0 Å². The summed E-state index contributed by atoms with van der Waals surface area (Å²) in [4.78, 5) is 0. The molecule has 0 bridgehead atoms. The second kappa shape index (κ2) is 6.69. The lowest BCUT2D eigenvalue weighted by Gasteiger charge is -1.99. The minimum Gasteiger partial charge on any atom is -0.257 e. The fraction of sp³-hybridized carbons (Fsp3) is 0.714. The normalized spacial score (nSPS) is 10.5. The van der Waals surface area contributed by atoms with Gasteiger partial charge in [0.2, 0.25) is 0 Å². The average Bonchev–Trinajstić information content (AvgIpc) is 2.01. The van der Waals surface area contributed by atoms with Crippen LogP contribution < -0.4 is 0 Å². The van der Waals surface area contributed by atoms with Crippen molar-refractivity contribution in [1.82, 2.24) is 0 Å². The third kappa shape index (κ3) is 6.88. The highest BCUT2D eigenvalue weighted by atomic mass is 127. The van der Waals surface area contributed by atoms with Gasteiger partial charge in [-0.05, 0) is 10.3 Å². The number of halogens is 1. The quantitative estimate of drug-likeness (QED) is 0.439. The molecule has 0 heterocycles. The highest BCUT2D eigenvalue weighted by molar-refractivity contribution is 14.1. The van der Waals surface area contributed by atoms with Gasteiger partial charge in [0.1, 0.15) is 6.61 Å². The highest BCUT2D eigenvalue weighted by Gasteiger charge is 2.08. The van der Waals surface area contributed by atoms with E-state index in [1.807, 2.05) is 29.5 Å². The van der Waals surface area contributed by atoms with Crippen molar-refractivity contribution in [2.45, 2.75) is 19.8 Å². The highest BCUT2D eigenvalue weighted by Crippen LogP contribution is 1.98. The molecule has 5 heteroatoms. The van der Waals surface area contributed by atoms with Gasteiger partial charge >= 0.3 is 0 Å². The number of hydrogen-bond acceptors (Lipinski definition) is 3. The van der Waals surface area contributed by atoms with Crippen molar-refractivity contribution in [3.63, 3.8) is 0 Å². The molecule has 0 saturated carbocycles. The summed E-state index contributed by atoms with van der Waals surface area (Å²) in [6.07, 6.45) is 1.49. The second-order valence-corrected chi connectivity index (χ2v) is 4.45. The molecule has 0 aliphatic heterocycles. The lowest BCUT2D eigenvalue weighted by molar-refractivity contribution is 0.362. The summed E-state index contributed by atoms with van der Waals surface area (Å²) < 4.78 is 29.0. The molecule has 0 amide bonds. The van der Waals surface area contributed by atoms with E-state index in [9.17, 15) is 8.42 Å². The van der Waals surface area contributed by atoms with Crippen molar-refractivity contribution >= 4 is 32.7 Å².